The van der Waals surface area contributed by atoms with Crippen molar-refractivity contribution in [3.05, 3.63) is 248 Å². The van der Waals surface area contributed by atoms with E-state index < -0.39 is 0 Å². The van der Waals surface area contributed by atoms with E-state index >= 15 is 0 Å². The maximum atomic E-state index is 2.49. The summed E-state index contributed by atoms with van der Waals surface area (Å²) in [6, 6.07) is 85.0. The number of hydrogen-bond acceptors (Lipinski definition) is 1. The Bertz CT molecular complexity index is 3850. The first kappa shape index (κ1) is 38.0. The summed E-state index contributed by atoms with van der Waals surface area (Å²) >= 11 is 0. The summed E-state index contributed by atoms with van der Waals surface area (Å²) in [7, 11) is 0. The molecule has 2 heteroatoms. The number of allylic oxidation sites excluding steroid dienone is 1. The number of benzene rings is 11. The molecule has 0 N–H and O–H groups in total. The summed E-state index contributed by atoms with van der Waals surface area (Å²) in [5.74, 6) is 0. The van der Waals surface area contributed by atoms with Crippen LogP contribution in [0.15, 0.2) is 237 Å². The van der Waals surface area contributed by atoms with Crippen molar-refractivity contribution < 1.29 is 0 Å². The Morgan fingerprint density at radius 2 is 1.00 bits per heavy atom. The lowest BCUT2D eigenvalue weighted by Gasteiger charge is -2.29. The van der Waals surface area contributed by atoms with Crippen molar-refractivity contribution in [1.82, 2.24) is 4.57 Å². The van der Waals surface area contributed by atoms with Crippen LogP contribution in [0.3, 0.4) is 0 Å². The number of nitrogens with zero attached hydrogens (tertiary/aromatic N) is 2. The highest BCUT2D eigenvalue weighted by Gasteiger charge is 2.22. The van der Waals surface area contributed by atoms with Gasteiger partial charge in [0.2, 0.25) is 0 Å². The lowest BCUT2D eigenvalue weighted by Crippen LogP contribution is -2.12. The number of aromatic nitrogens is 1. The second kappa shape index (κ2) is 15.7. The molecule has 0 fully saturated rings. The van der Waals surface area contributed by atoms with Gasteiger partial charge in [-0.2, -0.15) is 0 Å². The van der Waals surface area contributed by atoms with E-state index in [0.29, 0.717) is 0 Å². The molecule has 66 heavy (non-hydrogen) atoms. The normalized spacial score (nSPS) is 12.4. The molecule has 1 aliphatic carbocycles. The van der Waals surface area contributed by atoms with Gasteiger partial charge in [-0.15, -0.1) is 0 Å². The fraction of sp³-hybridized carbons (Fsp3) is 0.0312. The lowest BCUT2D eigenvalue weighted by molar-refractivity contribution is 0.989. The summed E-state index contributed by atoms with van der Waals surface area (Å²) in [6.07, 6.45) is 6.71. The smallest absolute Gasteiger partial charge is 0.0547 e. The van der Waals surface area contributed by atoms with Crippen LogP contribution in [0.25, 0.3) is 99.3 Å². The van der Waals surface area contributed by atoms with Crippen LogP contribution < -0.4 is 4.90 Å². The molecule has 0 amide bonds. The number of fused-ring (bicyclic) bond motifs is 9. The molecule has 0 saturated heterocycles. The molecule has 0 atom stereocenters. The molecule has 0 spiro atoms. The number of aryl methyl sites for hydroxylation is 1. The monoisotopic (exact) mass is 840 g/mol. The van der Waals surface area contributed by atoms with Crippen LogP contribution in [0.1, 0.15) is 17.5 Å². The van der Waals surface area contributed by atoms with E-state index in [9.17, 15) is 0 Å². The predicted molar refractivity (Wildman–Crippen MR) is 282 cm³/mol. The molecule has 12 aromatic rings. The molecule has 0 radical (unpaired) electrons. The fourth-order valence-electron chi connectivity index (χ4n) is 10.7. The largest absolute Gasteiger partial charge is 0.310 e. The number of rotatable bonds is 7. The zero-order valence-electron chi connectivity index (χ0n) is 36.4. The van der Waals surface area contributed by atoms with Gasteiger partial charge in [0.1, 0.15) is 0 Å². The summed E-state index contributed by atoms with van der Waals surface area (Å²) in [4.78, 5) is 2.49. The standard InChI is InChI=1S/C64H44N2/c1-2-20-50(21-3-1)66-60-30-14-29-57(64(60)63-56-25-9-5-16-46(56)37-40-61(63)66)48-19-12-22-52(41-48)65(62-42-49-17-6-8-24-55(49)58-26-10-11-27-59(58)62)51-38-35-44(36-39-51)43-31-33-47(34-32-43)54-28-13-18-45-15-4-7-23-53(45)54/h1-5,7-16,18-42H,6,17H2. The molecule has 1 heterocycles. The van der Waals surface area contributed by atoms with Crippen molar-refractivity contribution in [2.75, 3.05) is 4.90 Å². The summed E-state index contributed by atoms with van der Waals surface area (Å²) in [6.45, 7) is 0. The Labute approximate surface area is 384 Å². The first-order valence-corrected chi connectivity index (χ1v) is 23.1. The van der Waals surface area contributed by atoms with Gasteiger partial charge in [-0.05, 0) is 139 Å². The van der Waals surface area contributed by atoms with Gasteiger partial charge in [-0.3, -0.25) is 0 Å². The van der Waals surface area contributed by atoms with Gasteiger partial charge < -0.3 is 9.47 Å². The molecule has 13 rings (SSSR count). The number of anilines is 3. The van der Waals surface area contributed by atoms with E-state index in [1.165, 1.54) is 104 Å². The minimum absolute atomic E-state index is 1.02. The predicted octanol–water partition coefficient (Wildman–Crippen LogP) is 17.7. The van der Waals surface area contributed by atoms with Crippen molar-refractivity contribution in [2.45, 2.75) is 12.8 Å². The van der Waals surface area contributed by atoms with E-state index in [0.717, 1.165) is 29.9 Å². The lowest BCUT2D eigenvalue weighted by atomic mass is 9.90. The summed E-state index contributed by atoms with van der Waals surface area (Å²) in [5, 5.41) is 10.1. The van der Waals surface area contributed by atoms with E-state index in [4.69, 9.17) is 0 Å². The van der Waals surface area contributed by atoms with Crippen LogP contribution in [-0.4, -0.2) is 4.57 Å². The molecule has 11 aromatic carbocycles. The van der Waals surface area contributed by atoms with Crippen molar-refractivity contribution in [3.8, 4) is 39.1 Å². The minimum Gasteiger partial charge on any atom is -0.310 e. The van der Waals surface area contributed by atoms with E-state index in [1.807, 2.05) is 0 Å². The third-order valence-corrected chi connectivity index (χ3v) is 13.8. The maximum absolute atomic E-state index is 2.49. The molecule has 310 valence electrons. The average Bonchev–Trinajstić information content (AvgIpc) is 3.74. The molecule has 0 unspecified atom stereocenters. The van der Waals surface area contributed by atoms with Crippen LogP contribution >= 0.6 is 0 Å². The Hall–Kier alpha value is -8.46. The van der Waals surface area contributed by atoms with Crippen LogP contribution in [-0.2, 0) is 6.42 Å². The SMILES string of the molecule is C1=Cc2c(cc(N(c3ccc(-c4ccc(-c5cccc6ccccc56)cc4)cc3)c3cccc(-c4cccc5c4c4c6ccccc6ccc4n5-c4ccccc4)c3)c3ccccc23)CC1. The van der Waals surface area contributed by atoms with Gasteiger partial charge in [0.15, 0.2) is 0 Å². The van der Waals surface area contributed by atoms with Crippen molar-refractivity contribution >= 4 is 77.3 Å². The second-order valence-corrected chi connectivity index (χ2v) is 17.5. The Balaban J connectivity index is 0.977. The van der Waals surface area contributed by atoms with E-state index in [-0.39, 0.29) is 0 Å². The molecule has 1 aromatic heterocycles. The first-order chi connectivity index (χ1) is 32.7. The fourth-order valence-corrected chi connectivity index (χ4v) is 10.7. The highest BCUT2D eigenvalue weighted by molar-refractivity contribution is 6.25. The van der Waals surface area contributed by atoms with Crippen molar-refractivity contribution in [3.63, 3.8) is 0 Å². The van der Waals surface area contributed by atoms with Crippen molar-refractivity contribution in [2.24, 2.45) is 0 Å². The van der Waals surface area contributed by atoms with Crippen LogP contribution in [0.5, 0.6) is 0 Å². The number of hydrogen-bond donors (Lipinski definition) is 0. The zero-order chi connectivity index (χ0) is 43.6. The third kappa shape index (κ3) is 6.25. The molecular weight excluding hydrogens is 797 g/mol. The van der Waals surface area contributed by atoms with E-state index in [1.54, 1.807) is 0 Å². The second-order valence-electron chi connectivity index (χ2n) is 17.5. The topological polar surface area (TPSA) is 8.17 Å². The van der Waals surface area contributed by atoms with Gasteiger partial charge in [-0.25, -0.2) is 0 Å². The minimum atomic E-state index is 1.02. The Morgan fingerprint density at radius 3 is 1.82 bits per heavy atom. The highest BCUT2D eigenvalue weighted by atomic mass is 15.1. The maximum Gasteiger partial charge on any atom is 0.0547 e. The molecule has 2 nitrogen and oxygen atoms in total. The molecule has 1 aliphatic rings. The summed E-state index contributed by atoms with van der Waals surface area (Å²) in [5.41, 5.74) is 17.0. The van der Waals surface area contributed by atoms with Gasteiger partial charge in [0, 0.05) is 33.2 Å². The average molecular weight is 841 g/mol. The van der Waals surface area contributed by atoms with Gasteiger partial charge in [0.05, 0.1) is 16.7 Å². The van der Waals surface area contributed by atoms with Gasteiger partial charge >= 0.3 is 0 Å². The molecular formula is C64H44N2. The highest BCUT2D eigenvalue weighted by Crippen LogP contribution is 2.46. The van der Waals surface area contributed by atoms with Gasteiger partial charge in [0.25, 0.3) is 0 Å². The molecule has 0 bridgehead atoms. The van der Waals surface area contributed by atoms with Gasteiger partial charge in [-0.1, -0.05) is 188 Å². The molecule has 0 saturated carbocycles. The first-order valence-electron chi connectivity index (χ1n) is 23.1. The van der Waals surface area contributed by atoms with Crippen molar-refractivity contribution in [1.29, 1.82) is 0 Å². The quantitative estimate of drug-likeness (QED) is 0.155. The Kier molecular flexibility index (Phi) is 9.02. The number of para-hydroxylation sites is 1. The Morgan fingerprint density at radius 1 is 0.379 bits per heavy atom. The van der Waals surface area contributed by atoms with E-state index in [2.05, 4.69) is 252 Å². The molecule has 0 aliphatic heterocycles. The van der Waals surface area contributed by atoms with Crippen LogP contribution in [0, 0.1) is 0 Å². The zero-order valence-corrected chi connectivity index (χ0v) is 36.4. The van der Waals surface area contributed by atoms with Crippen LogP contribution in [0.2, 0.25) is 0 Å². The summed E-state index contributed by atoms with van der Waals surface area (Å²) < 4.78 is 2.43. The van der Waals surface area contributed by atoms with Crippen LogP contribution in [0.4, 0.5) is 17.1 Å². The third-order valence-electron chi connectivity index (χ3n) is 13.8.